The second kappa shape index (κ2) is 1.69. The fourth-order valence-corrected chi connectivity index (χ4v) is 0.565. The highest BCUT2D eigenvalue weighted by molar-refractivity contribution is 5.97. The number of hydrogen-bond donors (Lipinski definition) is 1. The average Bonchev–Trinajstić information content (AvgIpc) is 2.16. The first kappa shape index (κ1) is 6.01. The van der Waals surface area contributed by atoms with Gasteiger partial charge in [0.25, 0.3) is 0 Å². The summed E-state index contributed by atoms with van der Waals surface area (Å²) in [5.41, 5.74) is -0.861. The van der Waals surface area contributed by atoms with Crippen LogP contribution in [0.15, 0.2) is 17.3 Å². The van der Waals surface area contributed by atoms with Crippen LogP contribution in [0, 0.1) is 5.41 Å². The van der Waals surface area contributed by atoms with Gasteiger partial charge in [0.2, 0.25) is 0 Å². The molecular weight excluding hydrogens is 118 g/mol. The van der Waals surface area contributed by atoms with Crippen LogP contribution in [-0.4, -0.2) is 17.3 Å². The van der Waals surface area contributed by atoms with Crippen molar-refractivity contribution in [3.05, 3.63) is 12.3 Å². The zero-order valence-corrected chi connectivity index (χ0v) is 5.03. The quantitative estimate of drug-likeness (QED) is 0.560. The molecule has 3 nitrogen and oxygen atoms in total. The number of aliphatic imine (C=N–C) groups is 1. The lowest BCUT2D eigenvalue weighted by molar-refractivity contribution is -0.141. The summed E-state index contributed by atoms with van der Waals surface area (Å²) in [5.74, 6) is -0.861. The topological polar surface area (TPSA) is 49.7 Å². The molecule has 1 aliphatic heterocycles. The van der Waals surface area contributed by atoms with E-state index in [4.69, 9.17) is 5.11 Å². The van der Waals surface area contributed by atoms with Gasteiger partial charge in [0.05, 0.1) is 0 Å². The molecule has 1 aliphatic rings. The van der Waals surface area contributed by atoms with Gasteiger partial charge in [-0.1, -0.05) is 0 Å². The third-order valence-corrected chi connectivity index (χ3v) is 1.31. The van der Waals surface area contributed by atoms with Crippen LogP contribution in [-0.2, 0) is 4.79 Å². The van der Waals surface area contributed by atoms with Crippen LogP contribution in [0.5, 0.6) is 0 Å². The Morgan fingerprint density at radius 3 is 2.67 bits per heavy atom. The summed E-state index contributed by atoms with van der Waals surface area (Å²) in [6.07, 6.45) is 4.46. The molecule has 3 heteroatoms. The summed E-state index contributed by atoms with van der Waals surface area (Å²) in [4.78, 5) is 14.1. The molecule has 0 aromatic carbocycles. The molecule has 0 fully saturated rings. The Balaban J connectivity index is 2.88. The van der Waals surface area contributed by atoms with E-state index < -0.39 is 11.4 Å². The first-order valence-corrected chi connectivity index (χ1v) is 2.60. The number of carboxylic acid groups (broad SMARTS) is 1. The van der Waals surface area contributed by atoms with E-state index in [0.29, 0.717) is 0 Å². The number of nitrogens with zero attached hydrogens (tertiary/aromatic N) is 1. The van der Waals surface area contributed by atoms with Gasteiger partial charge in [-0.3, -0.25) is 9.79 Å². The van der Waals surface area contributed by atoms with Crippen LogP contribution < -0.4 is 0 Å². The third kappa shape index (κ3) is 0.850. The Kier molecular flexibility index (Phi) is 1.12. The second-order valence-corrected chi connectivity index (χ2v) is 2.18. The van der Waals surface area contributed by atoms with Crippen molar-refractivity contribution in [2.24, 2.45) is 10.4 Å². The predicted octanol–water partition coefficient (Wildman–Crippen LogP) is 0.675. The Bertz CT molecular complexity index is 181. The van der Waals surface area contributed by atoms with Crippen LogP contribution in [0.3, 0.4) is 0 Å². The molecule has 0 amide bonds. The van der Waals surface area contributed by atoms with Crippen molar-refractivity contribution in [1.29, 1.82) is 0 Å². The van der Waals surface area contributed by atoms with Gasteiger partial charge in [-0.05, 0) is 13.0 Å². The van der Waals surface area contributed by atoms with Gasteiger partial charge in [0.15, 0.2) is 0 Å². The Hall–Kier alpha value is -1.12. The number of carbonyl (C=O) groups is 1. The second-order valence-electron chi connectivity index (χ2n) is 2.18. The van der Waals surface area contributed by atoms with E-state index >= 15 is 0 Å². The van der Waals surface area contributed by atoms with Crippen molar-refractivity contribution in [1.82, 2.24) is 0 Å². The van der Waals surface area contributed by atoms with E-state index in [1.807, 2.05) is 0 Å². The normalized spacial score (nSPS) is 31.2. The molecule has 1 heterocycles. The third-order valence-electron chi connectivity index (χ3n) is 1.31. The minimum atomic E-state index is -0.861. The highest BCUT2D eigenvalue weighted by Crippen LogP contribution is 2.19. The lowest BCUT2D eigenvalue weighted by atomic mass is 9.94. The number of carboxylic acids is 1. The molecule has 0 aromatic rings. The fraction of sp³-hybridized carbons (Fsp3) is 0.333. The Morgan fingerprint density at radius 2 is 2.44 bits per heavy atom. The van der Waals surface area contributed by atoms with Gasteiger partial charge in [-0.15, -0.1) is 0 Å². The molecule has 0 saturated carbocycles. The van der Waals surface area contributed by atoms with Gasteiger partial charge in [-0.25, -0.2) is 0 Å². The van der Waals surface area contributed by atoms with Gasteiger partial charge in [0.1, 0.15) is 5.41 Å². The SMILES string of the molecule is CC1(C(=O)O)C=CN=C1. The maximum absolute atomic E-state index is 10.4. The van der Waals surface area contributed by atoms with Gasteiger partial charge < -0.3 is 5.11 Å². The standard InChI is InChI=1S/C6H7NO2/c1-6(5(8)9)2-3-7-4-6/h2-4H,1H3,(H,8,9). The van der Waals surface area contributed by atoms with Crippen molar-refractivity contribution < 1.29 is 9.90 Å². The van der Waals surface area contributed by atoms with Gasteiger partial charge in [-0.2, -0.15) is 0 Å². The lowest BCUT2D eigenvalue weighted by Crippen LogP contribution is -2.24. The van der Waals surface area contributed by atoms with Crippen molar-refractivity contribution in [2.45, 2.75) is 6.92 Å². The molecular formula is C6H7NO2. The summed E-state index contributed by atoms with van der Waals surface area (Å²) in [6, 6.07) is 0. The highest BCUT2D eigenvalue weighted by atomic mass is 16.4. The molecule has 0 aromatic heterocycles. The van der Waals surface area contributed by atoms with Crippen molar-refractivity contribution >= 4 is 12.2 Å². The summed E-state index contributed by atoms with van der Waals surface area (Å²) in [6.45, 7) is 1.60. The van der Waals surface area contributed by atoms with Crippen molar-refractivity contribution in [2.75, 3.05) is 0 Å². The largest absolute Gasteiger partial charge is 0.480 e. The summed E-state index contributed by atoms with van der Waals surface area (Å²) in [7, 11) is 0. The summed E-state index contributed by atoms with van der Waals surface area (Å²) < 4.78 is 0. The van der Waals surface area contributed by atoms with Crippen LogP contribution in [0.25, 0.3) is 0 Å². The molecule has 0 saturated heterocycles. The van der Waals surface area contributed by atoms with Crippen molar-refractivity contribution in [3.8, 4) is 0 Å². The summed E-state index contributed by atoms with van der Waals surface area (Å²) in [5, 5.41) is 8.53. The number of hydrogen-bond acceptors (Lipinski definition) is 2. The predicted molar refractivity (Wildman–Crippen MR) is 33.4 cm³/mol. The smallest absolute Gasteiger partial charge is 0.318 e. The van der Waals surface area contributed by atoms with E-state index in [1.54, 1.807) is 13.0 Å². The average molecular weight is 125 g/mol. The molecule has 1 unspecified atom stereocenters. The molecule has 9 heavy (non-hydrogen) atoms. The van der Waals surface area contributed by atoms with Crippen LogP contribution >= 0.6 is 0 Å². The lowest BCUT2D eigenvalue weighted by Gasteiger charge is -2.08. The first-order valence-electron chi connectivity index (χ1n) is 2.60. The van der Waals surface area contributed by atoms with E-state index in [1.165, 1.54) is 12.4 Å². The molecule has 0 spiro atoms. The zero-order valence-electron chi connectivity index (χ0n) is 5.03. The van der Waals surface area contributed by atoms with Crippen LogP contribution in [0.4, 0.5) is 0 Å². The number of aliphatic carboxylic acids is 1. The molecule has 0 aliphatic carbocycles. The molecule has 0 bridgehead atoms. The van der Waals surface area contributed by atoms with Crippen LogP contribution in [0.2, 0.25) is 0 Å². The fourth-order valence-electron chi connectivity index (χ4n) is 0.565. The van der Waals surface area contributed by atoms with E-state index in [2.05, 4.69) is 4.99 Å². The molecule has 1 atom stereocenters. The zero-order chi connectivity index (χ0) is 6.91. The first-order chi connectivity index (χ1) is 4.15. The molecule has 0 radical (unpaired) electrons. The van der Waals surface area contributed by atoms with Gasteiger partial charge >= 0.3 is 5.97 Å². The minimum absolute atomic E-state index is 0.861. The maximum atomic E-state index is 10.4. The maximum Gasteiger partial charge on any atom is 0.318 e. The molecule has 48 valence electrons. The van der Waals surface area contributed by atoms with E-state index in [9.17, 15) is 4.79 Å². The van der Waals surface area contributed by atoms with E-state index in [-0.39, 0.29) is 0 Å². The summed E-state index contributed by atoms with van der Waals surface area (Å²) >= 11 is 0. The van der Waals surface area contributed by atoms with Crippen LogP contribution in [0.1, 0.15) is 6.92 Å². The Morgan fingerprint density at radius 1 is 1.78 bits per heavy atom. The Labute approximate surface area is 52.7 Å². The van der Waals surface area contributed by atoms with E-state index in [0.717, 1.165) is 0 Å². The highest BCUT2D eigenvalue weighted by Gasteiger charge is 2.29. The minimum Gasteiger partial charge on any atom is -0.480 e. The number of rotatable bonds is 1. The van der Waals surface area contributed by atoms with Crippen molar-refractivity contribution in [3.63, 3.8) is 0 Å². The molecule has 1 N–H and O–H groups in total. The van der Waals surface area contributed by atoms with Gasteiger partial charge in [0, 0.05) is 12.4 Å². The molecule has 1 rings (SSSR count). The monoisotopic (exact) mass is 125 g/mol.